The third-order valence-electron chi connectivity index (χ3n) is 4.39. The van der Waals surface area contributed by atoms with E-state index in [-0.39, 0.29) is 19.0 Å². The van der Waals surface area contributed by atoms with Crippen molar-refractivity contribution in [3.63, 3.8) is 0 Å². The molecule has 2 heterocycles. The Morgan fingerprint density at radius 1 is 1.23 bits per heavy atom. The van der Waals surface area contributed by atoms with Gasteiger partial charge in [0.1, 0.15) is 13.1 Å². The molecule has 4 amide bonds. The number of aryl methyl sites for hydroxylation is 2. The Labute approximate surface area is 151 Å². The molecule has 3 rings (SSSR count). The van der Waals surface area contributed by atoms with Gasteiger partial charge in [0.15, 0.2) is 0 Å². The first-order valence-electron chi connectivity index (χ1n) is 8.29. The Balaban J connectivity index is 1.82. The minimum atomic E-state index is -0.547. The molecule has 1 aromatic heterocycles. The highest BCUT2D eigenvalue weighted by molar-refractivity contribution is 6.03. The highest BCUT2D eigenvalue weighted by atomic mass is 16.2. The zero-order valence-electron chi connectivity index (χ0n) is 14.7. The van der Waals surface area contributed by atoms with Gasteiger partial charge in [-0.2, -0.15) is 0 Å². The molecule has 1 unspecified atom stereocenters. The van der Waals surface area contributed by atoms with Gasteiger partial charge in [-0.1, -0.05) is 24.3 Å². The molecule has 7 nitrogen and oxygen atoms in total. The van der Waals surface area contributed by atoms with Crippen molar-refractivity contribution in [3.8, 4) is 0 Å². The summed E-state index contributed by atoms with van der Waals surface area (Å²) < 4.78 is 0. The van der Waals surface area contributed by atoms with E-state index < -0.39 is 18.0 Å². The Morgan fingerprint density at radius 3 is 2.65 bits per heavy atom. The fourth-order valence-corrected chi connectivity index (χ4v) is 2.84. The molecule has 2 aromatic rings. The number of amides is 4. The summed E-state index contributed by atoms with van der Waals surface area (Å²) in [6.07, 6.45) is 3.37. The quantitative estimate of drug-likeness (QED) is 0.797. The lowest BCUT2D eigenvalue weighted by molar-refractivity contribution is -0.122. The van der Waals surface area contributed by atoms with Crippen molar-refractivity contribution in [2.75, 3.05) is 13.1 Å². The maximum absolute atomic E-state index is 12.5. The van der Waals surface area contributed by atoms with Gasteiger partial charge in [0.05, 0.1) is 6.04 Å². The number of nitrogens with zero attached hydrogens (tertiary/aromatic N) is 2. The van der Waals surface area contributed by atoms with Crippen LogP contribution >= 0.6 is 0 Å². The van der Waals surface area contributed by atoms with Crippen LogP contribution in [0.1, 0.15) is 28.3 Å². The van der Waals surface area contributed by atoms with Crippen molar-refractivity contribution in [3.05, 3.63) is 65.0 Å². The Morgan fingerprint density at radius 2 is 2.04 bits per heavy atom. The molecule has 1 aliphatic rings. The number of hydrogen-bond donors (Lipinski definition) is 2. The van der Waals surface area contributed by atoms with E-state index in [1.807, 2.05) is 44.2 Å². The topological polar surface area (TPSA) is 91.4 Å². The summed E-state index contributed by atoms with van der Waals surface area (Å²) in [5.74, 6) is -0.748. The first-order chi connectivity index (χ1) is 12.4. The molecule has 1 aliphatic heterocycles. The highest BCUT2D eigenvalue weighted by Gasteiger charge is 2.29. The van der Waals surface area contributed by atoms with Crippen LogP contribution in [-0.2, 0) is 9.59 Å². The minimum Gasteiger partial charge on any atom is -0.344 e. The number of urea groups is 1. The van der Waals surface area contributed by atoms with E-state index >= 15 is 0 Å². The maximum Gasteiger partial charge on any atom is 0.325 e. The lowest BCUT2D eigenvalue weighted by atomic mass is 9.96. The lowest BCUT2D eigenvalue weighted by Crippen LogP contribution is -2.40. The van der Waals surface area contributed by atoms with Gasteiger partial charge in [-0.05, 0) is 42.2 Å². The van der Waals surface area contributed by atoms with Gasteiger partial charge in [0.2, 0.25) is 11.8 Å². The molecular weight excluding hydrogens is 332 g/mol. The second-order valence-corrected chi connectivity index (χ2v) is 6.34. The van der Waals surface area contributed by atoms with Crippen molar-refractivity contribution in [1.29, 1.82) is 0 Å². The molecule has 26 heavy (non-hydrogen) atoms. The van der Waals surface area contributed by atoms with Gasteiger partial charge in [-0.25, -0.2) is 4.79 Å². The summed E-state index contributed by atoms with van der Waals surface area (Å²) in [5, 5.41) is 5.11. The third-order valence-corrected chi connectivity index (χ3v) is 4.39. The number of pyridine rings is 1. The van der Waals surface area contributed by atoms with Crippen molar-refractivity contribution in [2.24, 2.45) is 0 Å². The van der Waals surface area contributed by atoms with Crippen LogP contribution in [-0.4, -0.2) is 40.8 Å². The summed E-state index contributed by atoms with van der Waals surface area (Å²) in [7, 11) is 0. The van der Waals surface area contributed by atoms with E-state index in [0.717, 1.165) is 22.3 Å². The normalized spacial score (nSPS) is 14.9. The van der Waals surface area contributed by atoms with Crippen LogP contribution in [0.5, 0.6) is 0 Å². The van der Waals surface area contributed by atoms with Gasteiger partial charge >= 0.3 is 6.03 Å². The molecular formula is C19H20N4O3. The number of hydrogen-bond acceptors (Lipinski definition) is 4. The Kier molecular flexibility index (Phi) is 4.97. The molecule has 0 radical (unpaired) electrons. The first kappa shape index (κ1) is 17.6. The zero-order valence-corrected chi connectivity index (χ0v) is 14.7. The highest BCUT2D eigenvalue weighted by Crippen LogP contribution is 2.23. The molecule has 7 heteroatoms. The number of nitrogens with one attached hydrogen (secondary N) is 2. The van der Waals surface area contributed by atoms with E-state index in [1.165, 1.54) is 4.90 Å². The molecule has 1 saturated heterocycles. The average Bonchev–Trinajstić information content (AvgIpc) is 2.93. The van der Waals surface area contributed by atoms with Crippen molar-refractivity contribution >= 4 is 17.8 Å². The van der Waals surface area contributed by atoms with Gasteiger partial charge in [0.25, 0.3) is 0 Å². The molecule has 2 N–H and O–H groups in total. The average molecular weight is 352 g/mol. The summed E-state index contributed by atoms with van der Waals surface area (Å²) in [4.78, 5) is 40.7. The first-order valence-corrected chi connectivity index (χ1v) is 8.29. The zero-order chi connectivity index (χ0) is 18.7. The molecule has 0 spiro atoms. The van der Waals surface area contributed by atoms with E-state index in [0.29, 0.717) is 0 Å². The monoisotopic (exact) mass is 352 g/mol. The van der Waals surface area contributed by atoms with E-state index in [9.17, 15) is 14.4 Å². The van der Waals surface area contributed by atoms with Crippen LogP contribution in [0.2, 0.25) is 0 Å². The second-order valence-electron chi connectivity index (χ2n) is 6.34. The number of carbonyl (C=O) groups is 3. The molecule has 1 fully saturated rings. The summed E-state index contributed by atoms with van der Waals surface area (Å²) in [5.41, 5.74) is 4.05. The molecule has 0 bridgehead atoms. The summed E-state index contributed by atoms with van der Waals surface area (Å²) in [6, 6.07) is 8.76. The van der Waals surface area contributed by atoms with Crippen LogP contribution in [0, 0.1) is 13.8 Å². The van der Waals surface area contributed by atoms with Crippen molar-refractivity contribution in [1.82, 2.24) is 20.5 Å². The van der Waals surface area contributed by atoms with Crippen LogP contribution in [0.25, 0.3) is 0 Å². The van der Waals surface area contributed by atoms with E-state index in [2.05, 4.69) is 15.6 Å². The SMILES string of the molecule is Cc1ccc(C(NC(=O)CN2CC(=O)NC2=O)c2cccnc2)cc1C. The van der Waals surface area contributed by atoms with Gasteiger partial charge < -0.3 is 10.2 Å². The Hall–Kier alpha value is -3.22. The van der Waals surface area contributed by atoms with Crippen LogP contribution in [0.4, 0.5) is 4.79 Å². The Bertz CT molecular complexity index is 851. The standard InChI is InChI=1S/C19H20N4O3/c1-12-5-6-14(8-13(12)2)18(15-4-3-7-20-9-15)21-16(24)10-23-11-17(25)22-19(23)26/h3-9,18H,10-11H2,1-2H3,(H,21,24)(H,22,25,26). The summed E-state index contributed by atoms with van der Waals surface area (Å²) >= 11 is 0. The van der Waals surface area contributed by atoms with Crippen LogP contribution < -0.4 is 10.6 Å². The predicted octanol–water partition coefficient (Wildman–Crippen LogP) is 1.46. The predicted molar refractivity (Wildman–Crippen MR) is 95.3 cm³/mol. The largest absolute Gasteiger partial charge is 0.344 e. The van der Waals surface area contributed by atoms with Crippen molar-refractivity contribution < 1.29 is 14.4 Å². The molecule has 1 aromatic carbocycles. The summed E-state index contributed by atoms with van der Waals surface area (Å²) in [6.45, 7) is 3.76. The third kappa shape index (κ3) is 3.88. The van der Waals surface area contributed by atoms with Gasteiger partial charge in [-0.15, -0.1) is 0 Å². The van der Waals surface area contributed by atoms with E-state index in [1.54, 1.807) is 12.4 Å². The minimum absolute atomic E-state index is 0.104. The van der Waals surface area contributed by atoms with E-state index in [4.69, 9.17) is 0 Å². The second kappa shape index (κ2) is 7.35. The molecule has 134 valence electrons. The van der Waals surface area contributed by atoms with Crippen LogP contribution in [0.3, 0.4) is 0 Å². The number of rotatable bonds is 5. The molecule has 1 atom stereocenters. The number of aromatic nitrogens is 1. The lowest BCUT2D eigenvalue weighted by Gasteiger charge is -2.22. The number of carbonyl (C=O) groups excluding carboxylic acids is 3. The number of benzene rings is 1. The molecule has 0 saturated carbocycles. The van der Waals surface area contributed by atoms with Crippen LogP contribution in [0.15, 0.2) is 42.7 Å². The maximum atomic E-state index is 12.5. The van der Waals surface area contributed by atoms with Gasteiger partial charge in [-0.3, -0.25) is 19.9 Å². The molecule has 0 aliphatic carbocycles. The van der Waals surface area contributed by atoms with Gasteiger partial charge in [0, 0.05) is 12.4 Å². The fraction of sp³-hybridized carbons (Fsp3) is 0.263. The fourth-order valence-electron chi connectivity index (χ4n) is 2.84. The number of imide groups is 1. The van der Waals surface area contributed by atoms with Crippen molar-refractivity contribution in [2.45, 2.75) is 19.9 Å². The smallest absolute Gasteiger partial charge is 0.325 e.